The van der Waals surface area contributed by atoms with Gasteiger partial charge >= 0.3 is 5.97 Å². The zero-order valence-corrected chi connectivity index (χ0v) is 19.8. The van der Waals surface area contributed by atoms with Gasteiger partial charge in [-0.05, 0) is 70.2 Å². The topological polar surface area (TPSA) is 125 Å². The van der Waals surface area contributed by atoms with E-state index in [1.165, 1.54) is 0 Å². The molecule has 0 saturated carbocycles. The van der Waals surface area contributed by atoms with Crippen molar-refractivity contribution in [1.29, 1.82) is 0 Å². The molecular formula is C24H38N4O5. The van der Waals surface area contributed by atoms with Gasteiger partial charge in [0.05, 0.1) is 6.54 Å². The van der Waals surface area contributed by atoms with Gasteiger partial charge in [-0.15, -0.1) is 0 Å². The molecule has 0 atom stereocenters. The number of nitrogens with one attached hydrogen (secondary N) is 1. The lowest BCUT2D eigenvalue weighted by atomic mass is 9.92. The highest BCUT2D eigenvalue weighted by Crippen LogP contribution is 2.23. The van der Waals surface area contributed by atoms with Crippen LogP contribution >= 0.6 is 0 Å². The quantitative estimate of drug-likeness (QED) is 0.386. The van der Waals surface area contributed by atoms with Crippen LogP contribution < -0.4 is 15.8 Å². The van der Waals surface area contributed by atoms with E-state index in [2.05, 4.69) is 5.32 Å². The molecule has 0 spiro atoms. The lowest BCUT2D eigenvalue weighted by Crippen LogP contribution is -2.38. The summed E-state index contributed by atoms with van der Waals surface area (Å²) in [6.07, 6.45) is 4.25. The number of carboxylic acid groups (broad SMARTS) is 1. The number of nitrogens with zero attached hydrogens (tertiary/aromatic N) is 2. The summed E-state index contributed by atoms with van der Waals surface area (Å²) in [5, 5.41) is 12.1. The number of carbonyl (C=O) groups excluding carboxylic acids is 2. The number of hydrogen-bond acceptors (Lipinski definition) is 6. The SMILES string of the molecule is CCN(CCCC1CCN(CC(=O)O)CC1)C(=O)COc1ccc(C)c(NCCC(N)=O)c1. The number of primary amides is 1. The Morgan fingerprint density at radius 2 is 2.00 bits per heavy atom. The number of amides is 2. The van der Waals surface area contributed by atoms with E-state index in [1.54, 1.807) is 0 Å². The summed E-state index contributed by atoms with van der Waals surface area (Å²) in [6, 6.07) is 5.57. The van der Waals surface area contributed by atoms with Gasteiger partial charge in [0.15, 0.2) is 6.61 Å². The number of rotatable bonds is 14. The number of nitrogens with two attached hydrogens (primary N) is 1. The molecule has 1 heterocycles. The van der Waals surface area contributed by atoms with Gasteiger partial charge in [-0.1, -0.05) is 6.07 Å². The molecule has 1 aromatic rings. The number of piperidine rings is 1. The van der Waals surface area contributed by atoms with Crippen LogP contribution in [0.5, 0.6) is 5.75 Å². The lowest BCUT2D eigenvalue weighted by molar-refractivity contribution is -0.138. The average Bonchev–Trinajstić information content (AvgIpc) is 2.77. The molecule has 1 saturated heterocycles. The van der Waals surface area contributed by atoms with Crippen molar-refractivity contribution in [1.82, 2.24) is 9.80 Å². The number of hydrogen-bond donors (Lipinski definition) is 3. The predicted octanol–water partition coefficient (Wildman–Crippen LogP) is 2.09. The highest BCUT2D eigenvalue weighted by molar-refractivity contribution is 5.77. The third-order valence-corrected chi connectivity index (χ3v) is 6.10. The second kappa shape index (κ2) is 13.7. The first-order valence-electron chi connectivity index (χ1n) is 11.8. The second-order valence-electron chi connectivity index (χ2n) is 8.64. The zero-order chi connectivity index (χ0) is 24.2. The van der Waals surface area contributed by atoms with Crippen molar-refractivity contribution in [3.8, 4) is 5.75 Å². The Balaban J connectivity index is 1.73. The molecule has 184 valence electrons. The Labute approximate surface area is 196 Å². The number of aliphatic carboxylic acids is 1. The molecule has 2 amide bonds. The van der Waals surface area contributed by atoms with E-state index in [0.29, 0.717) is 31.3 Å². The van der Waals surface area contributed by atoms with Crippen LogP contribution in [0.2, 0.25) is 0 Å². The minimum absolute atomic E-state index is 0.0226. The molecule has 1 aromatic carbocycles. The minimum Gasteiger partial charge on any atom is -0.484 e. The van der Waals surface area contributed by atoms with Crippen LogP contribution in [0.15, 0.2) is 18.2 Å². The molecule has 33 heavy (non-hydrogen) atoms. The van der Waals surface area contributed by atoms with Crippen molar-refractivity contribution >= 4 is 23.5 Å². The summed E-state index contributed by atoms with van der Waals surface area (Å²) in [7, 11) is 0. The van der Waals surface area contributed by atoms with E-state index < -0.39 is 5.97 Å². The molecule has 0 bridgehead atoms. The third-order valence-electron chi connectivity index (χ3n) is 6.10. The molecule has 2 rings (SSSR count). The van der Waals surface area contributed by atoms with E-state index in [9.17, 15) is 14.4 Å². The van der Waals surface area contributed by atoms with Crippen molar-refractivity contribution in [2.45, 2.75) is 46.0 Å². The molecular weight excluding hydrogens is 424 g/mol. The van der Waals surface area contributed by atoms with Crippen LogP contribution in [0.4, 0.5) is 5.69 Å². The summed E-state index contributed by atoms with van der Waals surface area (Å²) in [5.74, 6) is 0.0147. The first-order valence-corrected chi connectivity index (χ1v) is 11.8. The van der Waals surface area contributed by atoms with E-state index in [4.69, 9.17) is 15.6 Å². The minimum atomic E-state index is -0.769. The molecule has 4 N–H and O–H groups in total. The zero-order valence-electron chi connectivity index (χ0n) is 19.8. The van der Waals surface area contributed by atoms with Crippen LogP contribution in [0.25, 0.3) is 0 Å². The Morgan fingerprint density at radius 3 is 2.64 bits per heavy atom. The summed E-state index contributed by atoms with van der Waals surface area (Å²) in [4.78, 5) is 38.2. The lowest BCUT2D eigenvalue weighted by Gasteiger charge is -2.31. The van der Waals surface area contributed by atoms with Crippen LogP contribution in [0.3, 0.4) is 0 Å². The molecule has 9 nitrogen and oxygen atoms in total. The van der Waals surface area contributed by atoms with Crippen molar-refractivity contribution in [3.05, 3.63) is 23.8 Å². The van der Waals surface area contributed by atoms with Gasteiger partial charge in [-0.25, -0.2) is 0 Å². The van der Waals surface area contributed by atoms with E-state index in [1.807, 2.05) is 41.8 Å². The Kier molecular flexibility index (Phi) is 11.0. The first kappa shape index (κ1) is 26.4. The molecule has 1 aliphatic heterocycles. The second-order valence-corrected chi connectivity index (χ2v) is 8.64. The van der Waals surface area contributed by atoms with Crippen molar-refractivity contribution < 1.29 is 24.2 Å². The van der Waals surface area contributed by atoms with Crippen LogP contribution in [-0.2, 0) is 14.4 Å². The van der Waals surface area contributed by atoms with Crippen LogP contribution in [0.1, 0.15) is 44.6 Å². The highest BCUT2D eigenvalue weighted by atomic mass is 16.5. The maximum atomic E-state index is 12.6. The van der Waals surface area contributed by atoms with E-state index in [0.717, 1.165) is 50.0 Å². The van der Waals surface area contributed by atoms with Crippen molar-refractivity contribution in [2.24, 2.45) is 11.7 Å². The number of carbonyl (C=O) groups is 3. The summed E-state index contributed by atoms with van der Waals surface area (Å²) in [6.45, 7) is 7.46. The fourth-order valence-corrected chi connectivity index (χ4v) is 4.09. The molecule has 0 aromatic heterocycles. The molecule has 0 aliphatic carbocycles. The van der Waals surface area contributed by atoms with Gasteiger partial charge in [0.1, 0.15) is 5.75 Å². The number of aryl methyl sites for hydroxylation is 1. The standard InChI is InChI=1S/C24H38N4O5/c1-3-28(12-4-5-19-9-13-27(14-10-19)16-24(31)32)23(30)17-33-20-7-6-18(2)21(15-20)26-11-8-22(25)29/h6-7,15,19,26H,3-5,8-14,16-17H2,1-2H3,(H2,25,29)(H,31,32). The summed E-state index contributed by atoms with van der Waals surface area (Å²) >= 11 is 0. The van der Waals surface area contributed by atoms with Crippen molar-refractivity contribution in [3.63, 3.8) is 0 Å². The van der Waals surface area contributed by atoms with Gasteiger partial charge in [-0.2, -0.15) is 0 Å². The van der Waals surface area contributed by atoms with Gasteiger partial charge in [-0.3, -0.25) is 19.3 Å². The largest absolute Gasteiger partial charge is 0.484 e. The maximum Gasteiger partial charge on any atom is 0.317 e. The molecule has 0 unspecified atom stereocenters. The molecule has 0 radical (unpaired) electrons. The number of carboxylic acids is 1. The summed E-state index contributed by atoms with van der Waals surface area (Å²) < 4.78 is 5.74. The Hall–Kier alpha value is -2.81. The number of ether oxygens (including phenoxy) is 1. The molecule has 1 aliphatic rings. The fraction of sp³-hybridized carbons (Fsp3) is 0.625. The van der Waals surface area contributed by atoms with Gasteiger partial charge < -0.3 is 25.8 Å². The Morgan fingerprint density at radius 1 is 1.27 bits per heavy atom. The average molecular weight is 463 g/mol. The van der Waals surface area contributed by atoms with E-state index >= 15 is 0 Å². The van der Waals surface area contributed by atoms with Crippen LogP contribution in [0, 0.1) is 12.8 Å². The number of likely N-dealkylation sites (N-methyl/N-ethyl adjacent to an activating group) is 1. The Bertz CT molecular complexity index is 793. The highest BCUT2D eigenvalue weighted by Gasteiger charge is 2.21. The monoisotopic (exact) mass is 462 g/mol. The normalized spacial score (nSPS) is 14.6. The number of anilines is 1. The maximum absolute atomic E-state index is 12.6. The molecule has 1 fully saturated rings. The van der Waals surface area contributed by atoms with Crippen molar-refractivity contribution in [2.75, 3.05) is 51.2 Å². The molecule has 9 heteroatoms. The van der Waals surface area contributed by atoms with Gasteiger partial charge in [0.25, 0.3) is 5.91 Å². The summed E-state index contributed by atoms with van der Waals surface area (Å²) in [5.41, 5.74) is 7.04. The predicted molar refractivity (Wildman–Crippen MR) is 127 cm³/mol. The smallest absolute Gasteiger partial charge is 0.317 e. The van der Waals surface area contributed by atoms with Gasteiger partial charge in [0, 0.05) is 37.8 Å². The fourth-order valence-electron chi connectivity index (χ4n) is 4.09. The number of likely N-dealkylation sites (tertiary alicyclic amines) is 1. The first-order chi connectivity index (χ1) is 15.8. The van der Waals surface area contributed by atoms with E-state index in [-0.39, 0.29) is 31.4 Å². The number of benzene rings is 1. The third kappa shape index (κ3) is 9.69. The van der Waals surface area contributed by atoms with Crippen LogP contribution in [-0.4, -0.2) is 78.6 Å². The van der Waals surface area contributed by atoms with Gasteiger partial charge in [0.2, 0.25) is 5.91 Å².